The molecular formula is C16H20Cl3N. The van der Waals surface area contributed by atoms with Crippen LogP contribution in [0.15, 0.2) is 12.1 Å². The number of hydrogen-bond acceptors (Lipinski definition) is 1. The van der Waals surface area contributed by atoms with Crippen LogP contribution in [0.1, 0.15) is 40.0 Å². The summed E-state index contributed by atoms with van der Waals surface area (Å²) in [5.74, 6) is 0.798. The summed E-state index contributed by atoms with van der Waals surface area (Å²) in [4.78, 5) is 0. The monoisotopic (exact) mass is 331 g/mol. The largest absolute Gasteiger partial charge is 0.380 e. The highest BCUT2D eigenvalue weighted by atomic mass is 35.5. The number of rotatable bonds is 2. The van der Waals surface area contributed by atoms with E-state index in [1.165, 1.54) is 19.3 Å². The second-order valence-electron chi connectivity index (χ2n) is 7.05. The lowest BCUT2D eigenvalue weighted by Gasteiger charge is -2.40. The Morgan fingerprint density at radius 2 is 1.70 bits per heavy atom. The van der Waals surface area contributed by atoms with Crippen LogP contribution in [0.5, 0.6) is 0 Å². The molecule has 20 heavy (non-hydrogen) atoms. The lowest BCUT2D eigenvalue weighted by atomic mass is 9.69. The maximum Gasteiger partial charge on any atom is 0.0653 e. The average Bonchev–Trinajstić information content (AvgIpc) is 2.69. The van der Waals surface area contributed by atoms with Crippen LogP contribution in [-0.2, 0) is 0 Å². The van der Waals surface area contributed by atoms with Crippen molar-refractivity contribution in [1.29, 1.82) is 0 Å². The second kappa shape index (κ2) is 4.69. The standard InChI is InChI=1S/C16H20Cl3N/c1-15(2)9-4-5-16(15,3)14(6-9)20-13-8-11(18)10(17)7-12(13)19/h7-9,14,20H,4-6H2,1-3H3. The maximum absolute atomic E-state index is 6.29. The first-order valence-corrected chi connectivity index (χ1v) is 8.30. The van der Waals surface area contributed by atoms with Gasteiger partial charge in [-0.2, -0.15) is 0 Å². The molecule has 2 saturated carbocycles. The smallest absolute Gasteiger partial charge is 0.0653 e. The Bertz CT molecular complexity index is 555. The highest BCUT2D eigenvalue weighted by Crippen LogP contribution is 2.66. The third-order valence-electron chi connectivity index (χ3n) is 6.13. The molecule has 3 unspecified atom stereocenters. The van der Waals surface area contributed by atoms with Gasteiger partial charge < -0.3 is 5.32 Å². The van der Waals surface area contributed by atoms with E-state index < -0.39 is 0 Å². The summed E-state index contributed by atoms with van der Waals surface area (Å²) in [7, 11) is 0. The van der Waals surface area contributed by atoms with E-state index >= 15 is 0 Å². The molecule has 4 heteroatoms. The molecule has 2 aliphatic rings. The van der Waals surface area contributed by atoms with Gasteiger partial charge in [0.05, 0.1) is 20.8 Å². The molecule has 3 rings (SSSR count). The van der Waals surface area contributed by atoms with Gasteiger partial charge >= 0.3 is 0 Å². The van der Waals surface area contributed by atoms with Gasteiger partial charge in [0, 0.05) is 6.04 Å². The van der Waals surface area contributed by atoms with E-state index in [1.54, 1.807) is 6.07 Å². The fraction of sp³-hybridized carbons (Fsp3) is 0.625. The van der Waals surface area contributed by atoms with Gasteiger partial charge in [-0.15, -0.1) is 0 Å². The Hall–Kier alpha value is -0.110. The minimum absolute atomic E-state index is 0.313. The third-order valence-corrected chi connectivity index (χ3v) is 7.17. The maximum atomic E-state index is 6.29. The van der Waals surface area contributed by atoms with Gasteiger partial charge in [0.25, 0.3) is 0 Å². The molecule has 0 aromatic heterocycles. The van der Waals surface area contributed by atoms with Crippen LogP contribution in [0.25, 0.3) is 0 Å². The molecule has 0 saturated heterocycles. The number of halogens is 3. The summed E-state index contributed by atoms with van der Waals surface area (Å²) in [6.07, 6.45) is 3.83. The Kier molecular flexibility index (Phi) is 3.48. The molecule has 1 aromatic carbocycles. The van der Waals surface area contributed by atoms with Crippen molar-refractivity contribution >= 4 is 40.5 Å². The predicted octanol–water partition coefficient (Wildman–Crippen LogP) is 6.27. The molecule has 1 N–H and O–H groups in total. The number of hydrogen-bond donors (Lipinski definition) is 1. The quantitative estimate of drug-likeness (QED) is 0.629. The van der Waals surface area contributed by atoms with E-state index in [-0.39, 0.29) is 0 Å². The Labute approximate surface area is 136 Å². The van der Waals surface area contributed by atoms with Crippen molar-refractivity contribution < 1.29 is 0 Å². The van der Waals surface area contributed by atoms with Gasteiger partial charge in [0.1, 0.15) is 0 Å². The van der Waals surface area contributed by atoms with Gasteiger partial charge in [0.15, 0.2) is 0 Å². The molecule has 110 valence electrons. The van der Waals surface area contributed by atoms with E-state index in [9.17, 15) is 0 Å². The van der Waals surface area contributed by atoms with Crippen LogP contribution in [0.4, 0.5) is 5.69 Å². The van der Waals surface area contributed by atoms with Crippen molar-refractivity contribution in [2.24, 2.45) is 16.7 Å². The van der Waals surface area contributed by atoms with E-state index in [0.29, 0.717) is 31.9 Å². The first-order valence-electron chi connectivity index (χ1n) is 7.17. The van der Waals surface area contributed by atoms with Crippen LogP contribution in [0.3, 0.4) is 0 Å². The van der Waals surface area contributed by atoms with Crippen molar-refractivity contribution in [2.75, 3.05) is 5.32 Å². The number of benzene rings is 1. The fourth-order valence-corrected chi connectivity index (χ4v) is 4.84. The Morgan fingerprint density at radius 1 is 1.05 bits per heavy atom. The van der Waals surface area contributed by atoms with E-state index in [0.717, 1.165) is 11.6 Å². The van der Waals surface area contributed by atoms with Gasteiger partial charge in [-0.05, 0) is 48.1 Å². The van der Waals surface area contributed by atoms with Crippen LogP contribution >= 0.6 is 34.8 Å². The summed E-state index contributed by atoms with van der Waals surface area (Å²) in [5, 5.41) is 5.32. The minimum atomic E-state index is 0.313. The Balaban J connectivity index is 1.89. The zero-order valence-electron chi connectivity index (χ0n) is 12.1. The highest BCUT2D eigenvalue weighted by molar-refractivity contribution is 6.44. The van der Waals surface area contributed by atoms with Crippen LogP contribution < -0.4 is 5.32 Å². The molecule has 0 heterocycles. The number of nitrogens with one attached hydrogen (secondary N) is 1. The summed E-state index contributed by atoms with van der Waals surface area (Å²) in [5.41, 5.74) is 1.59. The zero-order valence-corrected chi connectivity index (χ0v) is 14.3. The molecule has 2 bridgehead atoms. The second-order valence-corrected chi connectivity index (χ2v) is 8.28. The van der Waals surface area contributed by atoms with E-state index in [1.807, 2.05) is 6.07 Å². The molecule has 0 radical (unpaired) electrons. The van der Waals surface area contributed by atoms with Gasteiger partial charge in [-0.25, -0.2) is 0 Å². The minimum Gasteiger partial charge on any atom is -0.380 e. The summed E-state index contributed by atoms with van der Waals surface area (Å²) >= 11 is 18.4. The molecule has 0 aliphatic heterocycles. The topological polar surface area (TPSA) is 12.0 Å². The first kappa shape index (κ1) is 14.8. The van der Waals surface area contributed by atoms with Crippen molar-refractivity contribution in [2.45, 2.75) is 46.1 Å². The molecule has 0 amide bonds. The lowest BCUT2D eigenvalue weighted by molar-refractivity contribution is 0.142. The van der Waals surface area contributed by atoms with Crippen LogP contribution in [-0.4, -0.2) is 6.04 Å². The molecular weight excluding hydrogens is 313 g/mol. The molecule has 2 aliphatic carbocycles. The summed E-state index contributed by atoms with van der Waals surface area (Å²) < 4.78 is 0. The van der Waals surface area contributed by atoms with E-state index in [2.05, 4.69) is 26.1 Å². The Morgan fingerprint density at radius 3 is 2.25 bits per heavy atom. The SMILES string of the molecule is CC1(C)C2CCC1(C)C(Nc1cc(Cl)c(Cl)cc1Cl)C2. The highest BCUT2D eigenvalue weighted by Gasteiger charge is 2.61. The van der Waals surface area contributed by atoms with Crippen molar-refractivity contribution in [1.82, 2.24) is 0 Å². The number of anilines is 1. The normalized spacial score (nSPS) is 34.5. The van der Waals surface area contributed by atoms with Gasteiger partial charge in [-0.1, -0.05) is 55.6 Å². The van der Waals surface area contributed by atoms with E-state index in [4.69, 9.17) is 34.8 Å². The number of fused-ring (bicyclic) bond motifs is 2. The third kappa shape index (κ3) is 1.97. The van der Waals surface area contributed by atoms with Crippen molar-refractivity contribution in [3.05, 3.63) is 27.2 Å². The molecule has 3 atom stereocenters. The van der Waals surface area contributed by atoms with Crippen LogP contribution in [0.2, 0.25) is 15.1 Å². The first-order chi connectivity index (χ1) is 9.25. The van der Waals surface area contributed by atoms with Gasteiger partial charge in [-0.3, -0.25) is 0 Å². The molecule has 1 aromatic rings. The van der Waals surface area contributed by atoms with Gasteiger partial charge in [0.2, 0.25) is 0 Å². The predicted molar refractivity (Wildman–Crippen MR) is 88.1 cm³/mol. The van der Waals surface area contributed by atoms with Crippen molar-refractivity contribution in [3.8, 4) is 0 Å². The average molecular weight is 333 g/mol. The zero-order chi connectivity index (χ0) is 14.7. The van der Waals surface area contributed by atoms with Crippen LogP contribution in [0, 0.1) is 16.7 Å². The fourth-order valence-electron chi connectivity index (χ4n) is 4.24. The molecule has 0 spiro atoms. The summed E-state index contributed by atoms with van der Waals surface area (Å²) in [6, 6.07) is 4.01. The lowest BCUT2D eigenvalue weighted by Crippen LogP contribution is -2.40. The molecule has 2 fully saturated rings. The van der Waals surface area contributed by atoms with Crippen molar-refractivity contribution in [3.63, 3.8) is 0 Å². The molecule has 1 nitrogen and oxygen atoms in total. The summed E-state index contributed by atoms with van der Waals surface area (Å²) in [6.45, 7) is 7.22.